The van der Waals surface area contributed by atoms with Crippen LogP contribution in [0.1, 0.15) is 21.7 Å². The van der Waals surface area contributed by atoms with E-state index in [2.05, 4.69) is 31.9 Å². The molecule has 0 radical (unpaired) electrons. The number of aromatic nitrogens is 4. The third-order valence-electron chi connectivity index (χ3n) is 4.65. The largest absolute Gasteiger partial charge is 0.334 e. The summed E-state index contributed by atoms with van der Waals surface area (Å²) < 4.78 is 2.06. The van der Waals surface area contributed by atoms with Crippen LogP contribution in [0.4, 0.5) is 0 Å². The van der Waals surface area contributed by atoms with E-state index in [1.54, 1.807) is 24.3 Å². The summed E-state index contributed by atoms with van der Waals surface area (Å²) in [4.78, 5) is 19.1. The molecule has 1 N–H and O–H groups in total. The van der Waals surface area contributed by atoms with E-state index in [1.165, 1.54) is 5.56 Å². The monoisotopic (exact) mass is 371 g/mol. The van der Waals surface area contributed by atoms with Gasteiger partial charge >= 0.3 is 0 Å². The third-order valence-corrected chi connectivity index (χ3v) is 4.65. The minimum Gasteiger partial charge on any atom is -0.334 e. The highest BCUT2D eigenvalue weighted by atomic mass is 16.2. The Morgan fingerprint density at radius 3 is 2.54 bits per heavy atom. The number of nitrogens with one attached hydrogen (secondary N) is 1. The minimum absolute atomic E-state index is 0.0955. The van der Waals surface area contributed by atoms with Crippen LogP contribution in [0.25, 0.3) is 11.3 Å². The van der Waals surface area contributed by atoms with Crippen molar-refractivity contribution >= 4 is 5.91 Å². The molecule has 0 aliphatic rings. The zero-order valence-corrected chi connectivity index (χ0v) is 15.6. The lowest BCUT2D eigenvalue weighted by atomic mass is 10.1. The molecule has 0 fully saturated rings. The van der Waals surface area contributed by atoms with E-state index >= 15 is 0 Å². The van der Waals surface area contributed by atoms with Gasteiger partial charge in [0.15, 0.2) is 0 Å². The molecule has 0 saturated carbocycles. The molecule has 2 aromatic heterocycles. The summed E-state index contributed by atoms with van der Waals surface area (Å²) in [6.45, 7) is 1.14. The average molecular weight is 371 g/mol. The van der Waals surface area contributed by atoms with Crippen molar-refractivity contribution in [3.63, 3.8) is 0 Å². The van der Waals surface area contributed by atoms with Crippen LogP contribution in [0.5, 0.6) is 0 Å². The van der Waals surface area contributed by atoms with E-state index < -0.39 is 0 Å². The van der Waals surface area contributed by atoms with Crippen molar-refractivity contribution < 1.29 is 4.79 Å². The molecule has 2 heterocycles. The molecule has 0 saturated heterocycles. The second-order valence-corrected chi connectivity index (χ2v) is 6.64. The van der Waals surface area contributed by atoms with Crippen molar-refractivity contribution in [3.05, 3.63) is 96.2 Å². The van der Waals surface area contributed by atoms with Gasteiger partial charge in [-0.25, -0.2) is 4.98 Å². The molecule has 4 rings (SSSR count). The average Bonchev–Trinajstić information content (AvgIpc) is 3.39. The molecule has 0 aliphatic carbocycles. The number of carbonyl (C=O) groups excluding carboxylic acids is 1. The maximum absolute atomic E-state index is 13.0. The number of hydrogen-bond acceptors (Lipinski definition) is 3. The molecule has 0 atom stereocenters. The Morgan fingerprint density at radius 1 is 1.07 bits per heavy atom. The van der Waals surface area contributed by atoms with Gasteiger partial charge in [-0.2, -0.15) is 5.10 Å². The molecule has 28 heavy (non-hydrogen) atoms. The first-order valence-electron chi connectivity index (χ1n) is 9.10. The van der Waals surface area contributed by atoms with Crippen LogP contribution in [0.15, 0.2) is 79.3 Å². The molecule has 6 nitrogen and oxygen atoms in total. The van der Waals surface area contributed by atoms with E-state index in [9.17, 15) is 4.79 Å². The highest BCUT2D eigenvalue weighted by Gasteiger charge is 2.20. The van der Waals surface area contributed by atoms with Crippen molar-refractivity contribution in [3.8, 4) is 11.3 Å². The van der Waals surface area contributed by atoms with E-state index in [0.717, 1.165) is 23.6 Å². The molecule has 140 valence electrons. The first-order valence-corrected chi connectivity index (χ1v) is 9.10. The number of imidazole rings is 1. The maximum Gasteiger partial charge on any atom is 0.257 e. The van der Waals surface area contributed by atoms with Gasteiger partial charge in [-0.05, 0) is 5.56 Å². The second kappa shape index (κ2) is 7.92. The molecule has 6 heteroatoms. The highest BCUT2D eigenvalue weighted by Crippen LogP contribution is 2.22. The second-order valence-electron chi connectivity index (χ2n) is 6.64. The Morgan fingerprint density at radius 2 is 1.79 bits per heavy atom. The van der Waals surface area contributed by atoms with Crippen LogP contribution in [-0.2, 0) is 13.1 Å². The quantitative estimate of drug-likeness (QED) is 0.563. The van der Waals surface area contributed by atoms with Crippen LogP contribution in [0, 0.1) is 0 Å². The highest BCUT2D eigenvalue weighted by molar-refractivity contribution is 5.99. The van der Waals surface area contributed by atoms with Crippen LogP contribution >= 0.6 is 0 Å². The summed E-state index contributed by atoms with van der Waals surface area (Å²) in [5.41, 5.74) is 3.40. The molecule has 0 spiro atoms. The summed E-state index contributed by atoms with van der Waals surface area (Å²) in [6, 6.07) is 19.9. The van der Waals surface area contributed by atoms with Crippen molar-refractivity contribution in [2.24, 2.45) is 0 Å². The number of benzene rings is 2. The Hall–Kier alpha value is -3.67. The number of nitrogens with zero attached hydrogens (tertiary/aromatic N) is 4. The Kier molecular flexibility index (Phi) is 5.01. The van der Waals surface area contributed by atoms with E-state index in [0.29, 0.717) is 12.1 Å². The number of rotatable bonds is 6. The number of amides is 1. The smallest absolute Gasteiger partial charge is 0.257 e. The van der Waals surface area contributed by atoms with Gasteiger partial charge in [0, 0.05) is 31.5 Å². The molecule has 0 unspecified atom stereocenters. The van der Waals surface area contributed by atoms with Gasteiger partial charge in [0.2, 0.25) is 0 Å². The van der Waals surface area contributed by atoms with Crippen LogP contribution in [0.3, 0.4) is 0 Å². The molecule has 0 aliphatic heterocycles. The first-order chi connectivity index (χ1) is 13.7. The van der Waals surface area contributed by atoms with Crippen LogP contribution in [-0.4, -0.2) is 37.6 Å². The van der Waals surface area contributed by atoms with Gasteiger partial charge in [-0.1, -0.05) is 60.7 Å². The molecule has 4 aromatic rings. The van der Waals surface area contributed by atoms with Crippen LogP contribution in [0.2, 0.25) is 0 Å². The fraction of sp³-hybridized carbons (Fsp3) is 0.136. The summed E-state index contributed by atoms with van der Waals surface area (Å²) in [5.74, 6) is 0.742. The molecular weight excluding hydrogens is 350 g/mol. The van der Waals surface area contributed by atoms with Gasteiger partial charge in [-0.15, -0.1) is 0 Å². The first kappa shape index (κ1) is 17.7. The molecule has 1 amide bonds. The predicted molar refractivity (Wildman–Crippen MR) is 108 cm³/mol. The van der Waals surface area contributed by atoms with Gasteiger partial charge < -0.3 is 9.47 Å². The zero-order chi connectivity index (χ0) is 19.3. The third kappa shape index (κ3) is 3.71. The number of H-pyrrole nitrogens is 1. The SMILES string of the molecule is CN(Cc1nccn1Cc1ccccc1)C(=O)c1cn[nH]c1-c1ccccc1. The van der Waals surface area contributed by atoms with Crippen molar-refractivity contribution in [1.82, 2.24) is 24.6 Å². The summed E-state index contributed by atoms with van der Waals surface area (Å²) >= 11 is 0. The fourth-order valence-corrected chi connectivity index (χ4v) is 3.18. The van der Waals surface area contributed by atoms with Gasteiger partial charge in [0.25, 0.3) is 5.91 Å². The lowest BCUT2D eigenvalue weighted by molar-refractivity contribution is 0.0781. The van der Waals surface area contributed by atoms with E-state index in [1.807, 2.05) is 54.7 Å². The summed E-state index contributed by atoms with van der Waals surface area (Å²) in [6.07, 6.45) is 5.29. The number of aromatic amines is 1. The normalized spacial score (nSPS) is 10.8. The van der Waals surface area contributed by atoms with Crippen molar-refractivity contribution in [2.45, 2.75) is 13.1 Å². The lowest BCUT2D eigenvalue weighted by Crippen LogP contribution is -2.28. The number of hydrogen-bond donors (Lipinski definition) is 1. The maximum atomic E-state index is 13.0. The van der Waals surface area contributed by atoms with Gasteiger partial charge in [-0.3, -0.25) is 9.89 Å². The minimum atomic E-state index is -0.0955. The van der Waals surface area contributed by atoms with Crippen molar-refractivity contribution in [2.75, 3.05) is 7.05 Å². The standard InChI is InChI=1S/C22H21N5O/c1-26(16-20-23-12-13-27(20)15-17-8-4-2-5-9-17)22(28)19-14-24-25-21(19)18-10-6-3-7-11-18/h2-14H,15-16H2,1H3,(H,24,25). The Bertz CT molecular complexity index is 1050. The summed E-state index contributed by atoms with van der Waals surface area (Å²) in [7, 11) is 1.78. The van der Waals surface area contributed by atoms with E-state index in [4.69, 9.17) is 0 Å². The Balaban J connectivity index is 1.51. The topological polar surface area (TPSA) is 66.8 Å². The fourth-order valence-electron chi connectivity index (χ4n) is 3.18. The zero-order valence-electron chi connectivity index (χ0n) is 15.6. The summed E-state index contributed by atoms with van der Waals surface area (Å²) in [5, 5.41) is 7.02. The Labute approximate surface area is 163 Å². The predicted octanol–water partition coefficient (Wildman–Crippen LogP) is 3.59. The molecule has 0 bridgehead atoms. The lowest BCUT2D eigenvalue weighted by Gasteiger charge is -2.18. The van der Waals surface area contributed by atoms with Gasteiger partial charge in [0.1, 0.15) is 5.82 Å². The number of carbonyl (C=O) groups is 1. The van der Waals surface area contributed by atoms with Crippen molar-refractivity contribution in [1.29, 1.82) is 0 Å². The van der Waals surface area contributed by atoms with Crippen LogP contribution < -0.4 is 0 Å². The van der Waals surface area contributed by atoms with E-state index in [-0.39, 0.29) is 5.91 Å². The molecule has 2 aromatic carbocycles. The van der Waals surface area contributed by atoms with Gasteiger partial charge in [0.05, 0.1) is 24.0 Å². The molecular formula is C22H21N5O.